The molecular formula is C16H15BrN4O. The summed E-state index contributed by atoms with van der Waals surface area (Å²) in [4.78, 5) is 7.86. The van der Waals surface area contributed by atoms with Crippen molar-refractivity contribution in [2.75, 3.05) is 18.2 Å². The van der Waals surface area contributed by atoms with E-state index in [0.29, 0.717) is 11.6 Å². The lowest BCUT2D eigenvalue weighted by molar-refractivity contribution is 0.299. The van der Waals surface area contributed by atoms with Crippen molar-refractivity contribution >= 4 is 38.3 Å². The Morgan fingerprint density at radius 2 is 2.05 bits per heavy atom. The molecule has 0 atom stereocenters. The highest BCUT2D eigenvalue weighted by molar-refractivity contribution is 9.10. The first-order chi connectivity index (χ1) is 10.6. The number of halogens is 1. The van der Waals surface area contributed by atoms with Crippen LogP contribution in [0.5, 0.6) is 0 Å². The lowest BCUT2D eigenvalue weighted by atomic mass is 10.2. The summed E-state index contributed by atoms with van der Waals surface area (Å²) in [6.07, 6.45) is 0. The van der Waals surface area contributed by atoms with Crippen molar-refractivity contribution in [1.82, 2.24) is 9.97 Å². The second kappa shape index (κ2) is 5.73. The van der Waals surface area contributed by atoms with Gasteiger partial charge in [0, 0.05) is 15.7 Å². The molecule has 2 aromatic carbocycles. The van der Waals surface area contributed by atoms with E-state index >= 15 is 0 Å². The maximum absolute atomic E-state index is 6.09. The first-order valence-corrected chi connectivity index (χ1v) is 7.41. The van der Waals surface area contributed by atoms with Gasteiger partial charge in [0.2, 0.25) is 0 Å². The third-order valence-electron chi connectivity index (χ3n) is 3.26. The number of aromatic nitrogens is 2. The zero-order chi connectivity index (χ0) is 15.7. The van der Waals surface area contributed by atoms with Gasteiger partial charge < -0.3 is 20.8 Å². The van der Waals surface area contributed by atoms with Gasteiger partial charge in [-0.1, -0.05) is 28.1 Å². The summed E-state index contributed by atoms with van der Waals surface area (Å²) >= 11 is 3.42. The minimum Gasteiger partial charge on any atom is -0.483 e. The van der Waals surface area contributed by atoms with Gasteiger partial charge >= 0.3 is 0 Å². The second-order valence-corrected chi connectivity index (χ2v) is 5.72. The summed E-state index contributed by atoms with van der Waals surface area (Å²) in [7, 11) is 1.55. The topological polar surface area (TPSA) is 76.0 Å². The molecule has 0 aliphatic rings. The van der Waals surface area contributed by atoms with Crippen LogP contribution in [0.2, 0.25) is 0 Å². The van der Waals surface area contributed by atoms with Crippen LogP contribution in [0.4, 0.5) is 11.4 Å². The Labute approximate surface area is 136 Å². The number of benzene rings is 2. The number of nitrogens with two attached hydrogens (primary N) is 1. The van der Waals surface area contributed by atoms with E-state index in [1.165, 1.54) is 0 Å². The number of anilines is 2. The van der Waals surface area contributed by atoms with Gasteiger partial charge in [0.15, 0.2) is 5.88 Å². The van der Waals surface area contributed by atoms with Gasteiger partial charge in [0.25, 0.3) is 0 Å². The Bertz CT molecular complexity index is 839. The van der Waals surface area contributed by atoms with Gasteiger partial charge in [-0.3, -0.25) is 0 Å². The number of hydrogen-bond acceptors (Lipinski definition) is 4. The number of fused-ring (bicyclic) bond motifs is 1. The van der Waals surface area contributed by atoms with E-state index < -0.39 is 0 Å². The van der Waals surface area contributed by atoms with Crippen molar-refractivity contribution in [3.8, 4) is 11.4 Å². The van der Waals surface area contributed by atoms with Gasteiger partial charge in [-0.25, -0.2) is 4.98 Å². The van der Waals surface area contributed by atoms with Gasteiger partial charge in [0.05, 0.1) is 18.3 Å². The molecule has 3 aromatic rings. The average Bonchev–Trinajstić information content (AvgIpc) is 2.92. The minimum atomic E-state index is 0.450. The summed E-state index contributed by atoms with van der Waals surface area (Å²) in [6, 6.07) is 11.7. The number of nitrogens with one attached hydrogen (secondary N) is 2. The fourth-order valence-electron chi connectivity index (χ4n) is 2.17. The van der Waals surface area contributed by atoms with Gasteiger partial charge in [0.1, 0.15) is 11.3 Å². The van der Waals surface area contributed by atoms with Crippen LogP contribution in [-0.4, -0.2) is 17.1 Å². The van der Waals surface area contributed by atoms with Crippen LogP contribution < -0.4 is 11.1 Å². The number of rotatable bonds is 4. The van der Waals surface area contributed by atoms with E-state index in [0.717, 1.165) is 32.6 Å². The molecule has 0 saturated carbocycles. The summed E-state index contributed by atoms with van der Waals surface area (Å²) in [5.41, 5.74) is 10.1. The normalized spacial score (nSPS) is 10.6. The molecule has 0 spiro atoms. The SMILES string of the molecule is C=C(Nc1cc(N)c2nc(-c3ccc(Br)cc3)[nH]c2c1)OC. The van der Waals surface area contributed by atoms with Crippen molar-refractivity contribution in [3.63, 3.8) is 0 Å². The van der Waals surface area contributed by atoms with Gasteiger partial charge in [-0.2, -0.15) is 0 Å². The number of methoxy groups -OCH3 is 1. The molecule has 0 bridgehead atoms. The Balaban J connectivity index is 2.03. The maximum Gasteiger partial charge on any atom is 0.183 e. The first-order valence-electron chi connectivity index (χ1n) is 6.62. The van der Waals surface area contributed by atoms with E-state index in [2.05, 4.69) is 37.8 Å². The molecule has 112 valence electrons. The number of nitrogen functional groups attached to an aromatic ring is 1. The van der Waals surface area contributed by atoms with E-state index in [1.54, 1.807) is 13.2 Å². The number of nitrogens with zero attached hydrogens (tertiary/aromatic N) is 1. The standard InChI is InChI=1S/C16H15BrN4O/c1-9(22-2)19-12-7-13(18)15-14(8-12)20-16(21-15)10-3-5-11(17)6-4-10/h3-8,19H,1,18H2,2H3,(H,20,21). The van der Waals surface area contributed by atoms with Crippen molar-refractivity contribution in [1.29, 1.82) is 0 Å². The molecule has 0 unspecified atom stereocenters. The van der Waals surface area contributed by atoms with E-state index in [4.69, 9.17) is 10.5 Å². The molecule has 0 radical (unpaired) electrons. The van der Waals surface area contributed by atoms with Crippen molar-refractivity contribution in [3.05, 3.63) is 53.3 Å². The molecule has 1 heterocycles. The van der Waals surface area contributed by atoms with Crippen LogP contribution >= 0.6 is 15.9 Å². The van der Waals surface area contributed by atoms with Crippen molar-refractivity contribution < 1.29 is 4.74 Å². The average molecular weight is 359 g/mol. The van der Waals surface area contributed by atoms with Gasteiger partial charge in [-0.05, 0) is 30.8 Å². The summed E-state index contributed by atoms with van der Waals surface area (Å²) in [5.74, 6) is 1.23. The van der Waals surface area contributed by atoms with E-state index in [1.807, 2.05) is 30.3 Å². The Hall–Kier alpha value is -2.47. The molecule has 0 amide bonds. The lowest BCUT2D eigenvalue weighted by Gasteiger charge is -2.08. The molecule has 1 aromatic heterocycles. The summed E-state index contributed by atoms with van der Waals surface area (Å²) in [5, 5.41) is 3.03. The quantitative estimate of drug-likeness (QED) is 0.484. The predicted octanol–water partition coefficient (Wildman–Crippen LogP) is 4.10. The molecule has 6 heteroatoms. The monoisotopic (exact) mass is 358 g/mol. The van der Waals surface area contributed by atoms with Crippen LogP contribution in [0.1, 0.15) is 0 Å². The molecule has 3 rings (SSSR count). The molecule has 0 aliphatic heterocycles. The molecule has 0 fully saturated rings. The number of H-pyrrole nitrogens is 1. The number of hydrogen-bond donors (Lipinski definition) is 3. The molecule has 0 saturated heterocycles. The summed E-state index contributed by atoms with van der Waals surface area (Å²) < 4.78 is 6.04. The van der Waals surface area contributed by atoms with Crippen LogP contribution in [0.15, 0.2) is 53.3 Å². The largest absolute Gasteiger partial charge is 0.483 e. The van der Waals surface area contributed by atoms with Crippen molar-refractivity contribution in [2.45, 2.75) is 0 Å². The Morgan fingerprint density at radius 1 is 1.32 bits per heavy atom. The zero-order valence-electron chi connectivity index (χ0n) is 12.0. The predicted molar refractivity (Wildman–Crippen MR) is 93.4 cm³/mol. The third kappa shape index (κ3) is 2.78. The first kappa shape index (κ1) is 14.5. The highest BCUT2D eigenvalue weighted by Crippen LogP contribution is 2.28. The van der Waals surface area contributed by atoms with E-state index in [9.17, 15) is 0 Å². The van der Waals surface area contributed by atoms with Gasteiger partial charge in [-0.15, -0.1) is 0 Å². The molecule has 5 nitrogen and oxygen atoms in total. The molecular weight excluding hydrogens is 344 g/mol. The lowest BCUT2D eigenvalue weighted by Crippen LogP contribution is -2.00. The number of imidazole rings is 1. The number of ether oxygens (including phenoxy) is 1. The Kier molecular flexibility index (Phi) is 3.77. The zero-order valence-corrected chi connectivity index (χ0v) is 13.6. The highest BCUT2D eigenvalue weighted by atomic mass is 79.9. The minimum absolute atomic E-state index is 0.450. The third-order valence-corrected chi connectivity index (χ3v) is 3.79. The molecule has 22 heavy (non-hydrogen) atoms. The maximum atomic E-state index is 6.09. The molecule has 4 N–H and O–H groups in total. The summed E-state index contributed by atoms with van der Waals surface area (Å²) in [6.45, 7) is 3.73. The smallest absolute Gasteiger partial charge is 0.183 e. The number of aromatic amines is 1. The van der Waals surface area contributed by atoms with Crippen LogP contribution in [0, 0.1) is 0 Å². The fourth-order valence-corrected chi connectivity index (χ4v) is 2.44. The fraction of sp³-hybridized carbons (Fsp3) is 0.0625. The second-order valence-electron chi connectivity index (χ2n) is 4.81. The van der Waals surface area contributed by atoms with E-state index in [-0.39, 0.29) is 0 Å². The van der Waals surface area contributed by atoms with Crippen LogP contribution in [0.3, 0.4) is 0 Å². The van der Waals surface area contributed by atoms with Crippen molar-refractivity contribution in [2.24, 2.45) is 0 Å². The van der Waals surface area contributed by atoms with Crippen LogP contribution in [-0.2, 0) is 4.74 Å². The molecule has 0 aliphatic carbocycles. The van der Waals surface area contributed by atoms with Crippen LogP contribution in [0.25, 0.3) is 22.4 Å². The Morgan fingerprint density at radius 3 is 2.73 bits per heavy atom. The highest BCUT2D eigenvalue weighted by Gasteiger charge is 2.10.